The lowest BCUT2D eigenvalue weighted by Crippen LogP contribution is -1.99. The smallest absolute Gasteiger partial charge is 0.166 e. The standard InChI is InChI=1S/C11H12BrFO2/c1-2-3-4-10(14)7-5-8(12)11(15)9(13)6-7/h5-6,15H,2-4H2,1H3. The van der Waals surface area contributed by atoms with E-state index in [1.807, 2.05) is 6.92 Å². The first kappa shape index (κ1) is 12.2. The van der Waals surface area contributed by atoms with E-state index in [2.05, 4.69) is 15.9 Å². The van der Waals surface area contributed by atoms with Crippen LogP contribution in [-0.4, -0.2) is 10.9 Å². The van der Waals surface area contributed by atoms with Crippen molar-refractivity contribution in [1.29, 1.82) is 0 Å². The number of phenolic OH excluding ortho intramolecular Hbond substituents is 1. The number of unbranched alkanes of at least 4 members (excludes halogenated alkanes) is 1. The molecule has 1 rings (SSSR count). The maximum atomic E-state index is 13.1. The van der Waals surface area contributed by atoms with Gasteiger partial charge < -0.3 is 5.11 Å². The Balaban J connectivity index is 2.91. The van der Waals surface area contributed by atoms with Gasteiger partial charge in [-0.05, 0) is 34.5 Å². The highest BCUT2D eigenvalue weighted by Gasteiger charge is 2.12. The molecule has 0 saturated heterocycles. The third-order valence-electron chi connectivity index (χ3n) is 2.10. The summed E-state index contributed by atoms with van der Waals surface area (Å²) in [6.45, 7) is 1.99. The number of rotatable bonds is 4. The fraction of sp³-hybridized carbons (Fsp3) is 0.364. The Hall–Kier alpha value is -0.900. The van der Waals surface area contributed by atoms with Gasteiger partial charge in [0.05, 0.1) is 4.47 Å². The maximum absolute atomic E-state index is 13.1. The van der Waals surface area contributed by atoms with E-state index >= 15 is 0 Å². The average molecular weight is 275 g/mol. The average Bonchev–Trinajstić information content (AvgIpc) is 2.21. The van der Waals surface area contributed by atoms with Crippen molar-refractivity contribution >= 4 is 21.7 Å². The van der Waals surface area contributed by atoms with Crippen molar-refractivity contribution < 1.29 is 14.3 Å². The molecule has 1 aromatic carbocycles. The molecule has 0 saturated carbocycles. The monoisotopic (exact) mass is 274 g/mol. The fourth-order valence-electron chi connectivity index (χ4n) is 1.21. The first-order valence-corrected chi connectivity index (χ1v) is 5.56. The largest absolute Gasteiger partial charge is 0.504 e. The van der Waals surface area contributed by atoms with Crippen LogP contribution in [0.15, 0.2) is 16.6 Å². The molecule has 1 aromatic rings. The normalized spacial score (nSPS) is 10.3. The Morgan fingerprint density at radius 1 is 1.53 bits per heavy atom. The Labute approximate surface area is 96.2 Å². The molecule has 1 N–H and O–H groups in total. The van der Waals surface area contributed by atoms with E-state index in [0.29, 0.717) is 12.0 Å². The van der Waals surface area contributed by atoms with Crippen LogP contribution in [0.2, 0.25) is 0 Å². The van der Waals surface area contributed by atoms with Crippen LogP contribution in [0.5, 0.6) is 5.75 Å². The molecule has 0 atom stereocenters. The first-order chi connectivity index (χ1) is 7.06. The van der Waals surface area contributed by atoms with E-state index in [1.165, 1.54) is 6.07 Å². The molecule has 0 aromatic heterocycles. The summed E-state index contributed by atoms with van der Waals surface area (Å²) in [5, 5.41) is 9.16. The zero-order valence-electron chi connectivity index (χ0n) is 8.39. The van der Waals surface area contributed by atoms with E-state index in [-0.39, 0.29) is 10.3 Å². The van der Waals surface area contributed by atoms with Crippen LogP contribution >= 0.6 is 15.9 Å². The van der Waals surface area contributed by atoms with Gasteiger partial charge in [-0.1, -0.05) is 13.3 Å². The van der Waals surface area contributed by atoms with Gasteiger partial charge in [-0.25, -0.2) is 4.39 Å². The predicted molar refractivity (Wildman–Crippen MR) is 59.6 cm³/mol. The van der Waals surface area contributed by atoms with Crippen LogP contribution in [0.4, 0.5) is 4.39 Å². The Kier molecular flexibility index (Phi) is 4.27. The van der Waals surface area contributed by atoms with Crippen LogP contribution in [0.1, 0.15) is 36.5 Å². The topological polar surface area (TPSA) is 37.3 Å². The van der Waals surface area contributed by atoms with Gasteiger partial charge in [0.2, 0.25) is 0 Å². The maximum Gasteiger partial charge on any atom is 0.166 e. The molecule has 0 aliphatic heterocycles. The van der Waals surface area contributed by atoms with Crippen molar-refractivity contribution in [3.8, 4) is 5.75 Å². The number of carbonyl (C=O) groups is 1. The number of phenols is 1. The molecule has 4 heteroatoms. The van der Waals surface area contributed by atoms with E-state index in [1.54, 1.807) is 0 Å². The van der Waals surface area contributed by atoms with Gasteiger partial charge in [0.15, 0.2) is 17.3 Å². The van der Waals surface area contributed by atoms with Gasteiger partial charge >= 0.3 is 0 Å². The molecular weight excluding hydrogens is 263 g/mol. The van der Waals surface area contributed by atoms with Crippen molar-refractivity contribution in [2.45, 2.75) is 26.2 Å². The van der Waals surface area contributed by atoms with Gasteiger partial charge in [0.25, 0.3) is 0 Å². The molecule has 0 fully saturated rings. The third-order valence-corrected chi connectivity index (χ3v) is 2.70. The number of ketones is 1. The molecule has 0 amide bonds. The van der Waals surface area contributed by atoms with Crippen LogP contribution in [0, 0.1) is 5.82 Å². The van der Waals surface area contributed by atoms with E-state index in [9.17, 15) is 9.18 Å². The summed E-state index contributed by atoms with van der Waals surface area (Å²) in [6.07, 6.45) is 2.12. The second-order valence-corrected chi connectivity index (χ2v) is 4.17. The number of hydrogen-bond acceptors (Lipinski definition) is 2. The van der Waals surface area contributed by atoms with Crippen molar-refractivity contribution in [3.05, 3.63) is 28.0 Å². The SMILES string of the molecule is CCCCC(=O)c1cc(F)c(O)c(Br)c1. The first-order valence-electron chi connectivity index (χ1n) is 4.77. The number of Topliss-reactive ketones (excluding diaryl/α,β-unsaturated/α-hetero) is 1. The molecule has 82 valence electrons. The Morgan fingerprint density at radius 3 is 2.73 bits per heavy atom. The summed E-state index contributed by atoms with van der Waals surface area (Å²) in [5.74, 6) is -1.33. The lowest BCUT2D eigenvalue weighted by Gasteiger charge is -2.03. The minimum Gasteiger partial charge on any atom is -0.504 e. The second-order valence-electron chi connectivity index (χ2n) is 3.32. The highest BCUT2D eigenvalue weighted by atomic mass is 79.9. The van der Waals surface area contributed by atoms with Crippen molar-refractivity contribution in [1.82, 2.24) is 0 Å². The number of carbonyl (C=O) groups excluding carboxylic acids is 1. The molecule has 15 heavy (non-hydrogen) atoms. The molecule has 2 nitrogen and oxygen atoms in total. The van der Waals surface area contributed by atoms with Crippen LogP contribution in [0.25, 0.3) is 0 Å². The molecule has 0 aliphatic rings. The number of aromatic hydroxyl groups is 1. The van der Waals surface area contributed by atoms with Gasteiger partial charge in [0, 0.05) is 12.0 Å². The molecular formula is C11H12BrFO2. The number of halogens is 2. The lowest BCUT2D eigenvalue weighted by molar-refractivity contribution is 0.0979. The summed E-state index contributed by atoms with van der Waals surface area (Å²) in [6, 6.07) is 2.51. The van der Waals surface area contributed by atoms with E-state index < -0.39 is 11.6 Å². The molecule has 0 unspecified atom stereocenters. The number of benzene rings is 1. The van der Waals surface area contributed by atoms with Gasteiger partial charge in [-0.2, -0.15) is 0 Å². The molecule has 0 bridgehead atoms. The van der Waals surface area contributed by atoms with Gasteiger partial charge in [-0.15, -0.1) is 0 Å². The minimum absolute atomic E-state index is 0.101. The molecule has 0 spiro atoms. The second kappa shape index (κ2) is 5.26. The van der Waals surface area contributed by atoms with Gasteiger partial charge in [0.1, 0.15) is 0 Å². The van der Waals surface area contributed by atoms with Crippen LogP contribution in [0.3, 0.4) is 0 Å². The molecule has 0 radical (unpaired) electrons. The van der Waals surface area contributed by atoms with E-state index in [4.69, 9.17) is 5.11 Å². The minimum atomic E-state index is -0.774. The zero-order chi connectivity index (χ0) is 11.4. The van der Waals surface area contributed by atoms with Crippen LogP contribution in [-0.2, 0) is 0 Å². The quantitative estimate of drug-likeness (QED) is 0.851. The fourth-order valence-corrected chi connectivity index (χ4v) is 1.64. The predicted octanol–water partition coefficient (Wildman–Crippen LogP) is 3.67. The summed E-state index contributed by atoms with van der Waals surface area (Å²) in [7, 11) is 0. The summed E-state index contributed by atoms with van der Waals surface area (Å²) in [4.78, 5) is 11.6. The lowest BCUT2D eigenvalue weighted by atomic mass is 10.1. The van der Waals surface area contributed by atoms with E-state index in [0.717, 1.165) is 18.9 Å². The Bertz CT molecular complexity index is 354. The van der Waals surface area contributed by atoms with Gasteiger partial charge in [-0.3, -0.25) is 4.79 Å². The Morgan fingerprint density at radius 2 is 2.20 bits per heavy atom. The third kappa shape index (κ3) is 3.02. The molecule has 0 heterocycles. The molecule has 0 aliphatic carbocycles. The van der Waals surface area contributed by atoms with Crippen molar-refractivity contribution in [2.24, 2.45) is 0 Å². The number of hydrogen-bond donors (Lipinski definition) is 1. The highest BCUT2D eigenvalue weighted by Crippen LogP contribution is 2.28. The summed E-state index contributed by atoms with van der Waals surface area (Å²) in [5.41, 5.74) is 0.297. The summed E-state index contributed by atoms with van der Waals surface area (Å²) < 4.78 is 13.3. The summed E-state index contributed by atoms with van der Waals surface area (Å²) >= 11 is 2.99. The van der Waals surface area contributed by atoms with Crippen molar-refractivity contribution in [2.75, 3.05) is 0 Å². The zero-order valence-corrected chi connectivity index (χ0v) is 9.97. The van der Waals surface area contributed by atoms with Crippen LogP contribution < -0.4 is 0 Å². The highest BCUT2D eigenvalue weighted by molar-refractivity contribution is 9.10. The van der Waals surface area contributed by atoms with Crippen molar-refractivity contribution in [3.63, 3.8) is 0 Å².